The topological polar surface area (TPSA) is 132 Å². The molecular weight excluding hydrogens is 490 g/mol. The van der Waals surface area contributed by atoms with Crippen LogP contribution in [0.15, 0.2) is 30.3 Å². The third kappa shape index (κ3) is 11.3. The van der Waals surface area contributed by atoms with Crippen LogP contribution >= 0.6 is 0 Å². The average Bonchev–Trinajstić information content (AvgIpc) is 2.89. The van der Waals surface area contributed by atoms with Crippen LogP contribution in [0.2, 0.25) is 0 Å². The van der Waals surface area contributed by atoms with E-state index in [0.717, 1.165) is 6.42 Å². The molecule has 5 unspecified atom stereocenters. The summed E-state index contributed by atoms with van der Waals surface area (Å²) in [6.45, 7) is 8.78. The fourth-order valence-corrected chi connectivity index (χ4v) is 4.31. The first-order chi connectivity index (χ1) is 18.2. The lowest BCUT2D eigenvalue weighted by Crippen LogP contribution is -2.58. The summed E-state index contributed by atoms with van der Waals surface area (Å²) in [5.74, 6) is -0.423. The zero-order chi connectivity index (χ0) is 27.9. The Morgan fingerprint density at radius 3 is 2.37 bits per heavy atom. The Labute approximate surface area is 225 Å². The highest BCUT2D eigenvalue weighted by Crippen LogP contribution is 2.31. The highest BCUT2D eigenvalue weighted by atomic mass is 16.7. The molecule has 1 aromatic rings. The molecule has 10 nitrogen and oxygen atoms in total. The van der Waals surface area contributed by atoms with E-state index in [1.807, 2.05) is 32.0 Å². The van der Waals surface area contributed by atoms with Crippen LogP contribution < -0.4 is 16.0 Å². The van der Waals surface area contributed by atoms with Gasteiger partial charge in [0.05, 0.1) is 18.7 Å². The van der Waals surface area contributed by atoms with Gasteiger partial charge in [-0.05, 0) is 37.6 Å². The van der Waals surface area contributed by atoms with Gasteiger partial charge in [0.2, 0.25) is 11.8 Å². The summed E-state index contributed by atoms with van der Waals surface area (Å²) in [6.07, 6.45) is 1.41. The minimum absolute atomic E-state index is 0.0284. The van der Waals surface area contributed by atoms with Gasteiger partial charge in [-0.25, -0.2) is 0 Å². The predicted molar refractivity (Wildman–Crippen MR) is 142 cm³/mol. The van der Waals surface area contributed by atoms with Gasteiger partial charge >= 0.3 is 5.97 Å². The molecule has 10 heteroatoms. The minimum Gasteiger partial charge on any atom is -0.463 e. The van der Waals surface area contributed by atoms with Crippen molar-refractivity contribution >= 4 is 23.6 Å². The molecule has 1 heterocycles. The number of unbranched alkanes of at least 4 members (excludes halogenated alkanes) is 1. The average molecular weight is 534 g/mol. The van der Waals surface area contributed by atoms with E-state index in [-0.39, 0.29) is 60.7 Å². The number of rotatable bonds is 16. The second kappa shape index (κ2) is 16.9. The number of hydrogen-bond donors (Lipinski definition) is 3. The van der Waals surface area contributed by atoms with Crippen molar-refractivity contribution in [3.8, 4) is 0 Å². The standard InChI is InChI=1S/C28H43N3O7/c1-19-20(2)27(31-21(3)32)28(38-25(19)18-37-22(4)33)36-16-9-8-13-26(35)30-15-10-14-29-17-24(34)23-11-6-5-7-12-23/h5-7,11-12,19-20,25,27-29H,8-10,13-18H2,1-4H3,(H,30,35)(H,31,32). The van der Waals surface area contributed by atoms with Crippen LogP contribution in [0.3, 0.4) is 0 Å². The molecular formula is C28H43N3O7. The van der Waals surface area contributed by atoms with E-state index in [0.29, 0.717) is 44.5 Å². The summed E-state index contributed by atoms with van der Waals surface area (Å²) in [5.41, 5.74) is 0.684. The SMILES string of the molecule is CC(=O)NC1C(OCCCCC(=O)NCCCNCC(=O)c2ccccc2)OC(COC(C)=O)C(C)C1C. The Bertz CT molecular complexity index is 894. The van der Waals surface area contributed by atoms with E-state index in [1.165, 1.54) is 13.8 Å². The van der Waals surface area contributed by atoms with Gasteiger partial charge in [-0.2, -0.15) is 0 Å². The number of esters is 1. The first-order valence-electron chi connectivity index (χ1n) is 13.4. The normalized spacial score (nSPS) is 22.9. The van der Waals surface area contributed by atoms with Gasteiger partial charge in [-0.15, -0.1) is 0 Å². The van der Waals surface area contributed by atoms with Crippen molar-refractivity contribution in [1.29, 1.82) is 0 Å². The molecule has 212 valence electrons. The van der Waals surface area contributed by atoms with Crippen molar-refractivity contribution in [3.63, 3.8) is 0 Å². The molecule has 5 atom stereocenters. The van der Waals surface area contributed by atoms with Gasteiger partial charge in [0.25, 0.3) is 0 Å². The maximum Gasteiger partial charge on any atom is 0.302 e. The first-order valence-corrected chi connectivity index (χ1v) is 13.4. The highest BCUT2D eigenvalue weighted by molar-refractivity contribution is 5.97. The minimum atomic E-state index is -0.666. The quantitative estimate of drug-likeness (QED) is 0.167. The van der Waals surface area contributed by atoms with Crippen LogP contribution in [0.1, 0.15) is 63.7 Å². The summed E-state index contributed by atoms with van der Waals surface area (Å²) in [4.78, 5) is 47.1. The second-order valence-corrected chi connectivity index (χ2v) is 9.79. The molecule has 0 radical (unpaired) electrons. The second-order valence-electron chi connectivity index (χ2n) is 9.79. The van der Waals surface area contributed by atoms with Crippen molar-refractivity contribution in [1.82, 2.24) is 16.0 Å². The fourth-order valence-electron chi connectivity index (χ4n) is 4.31. The number of carbonyl (C=O) groups excluding carboxylic acids is 4. The van der Waals surface area contributed by atoms with E-state index >= 15 is 0 Å². The summed E-state index contributed by atoms with van der Waals surface area (Å²) < 4.78 is 17.2. The van der Waals surface area contributed by atoms with Gasteiger partial charge < -0.3 is 30.2 Å². The third-order valence-electron chi connectivity index (χ3n) is 6.72. The maximum atomic E-state index is 12.1. The molecule has 2 rings (SSSR count). The Kier molecular flexibility index (Phi) is 14.0. The Balaban J connectivity index is 1.61. The number of hydrogen-bond acceptors (Lipinski definition) is 8. The van der Waals surface area contributed by atoms with Crippen molar-refractivity contribution in [2.24, 2.45) is 11.8 Å². The molecule has 1 fully saturated rings. The molecule has 1 aliphatic heterocycles. The molecule has 3 N–H and O–H groups in total. The van der Waals surface area contributed by atoms with Crippen LogP contribution in [0.5, 0.6) is 0 Å². The number of Topliss-reactive ketones (excluding diaryl/α,β-unsaturated/α-hetero) is 1. The number of ketones is 1. The van der Waals surface area contributed by atoms with E-state index in [4.69, 9.17) is 14.2 Å². The Morgan fingerprint density at radius 2 is 1.68 bits per heavy atom. The predicted octanol–water partition coefficient (Wildman–Crippen LogP) is 2.22. The number of benzene rings is 1. The summed E-state index contributed by atoms with van der Waals surface area (Å²) in [6, 6.07) is 8.82. The smallest absolute Gasteiger partial charge is 0.302 e. The summed E-state index contributed by atoms with van der Waals surface area (Å²) in [5, 5.41) is 8.92. The lowest BCUT2D eigenvalue weighted by molar-refractivity contribution is -0.244. The van der Waals surface area contributed by atoms with E-state index in [9.17, 15) is 19.2 Å². The maximum absolute atomic E-state index is 12.1. The van der Waals surface area contributed by atoms with Crippen molar-refractivity contribution in [2.75, 3.05) is 32.8 Å². The van der Waals surface area contributed by atoms with E-state index in [2.05, 4.69) is 16.0 Å². The lowest BCUT2D eigenvalue weighted by Gasteiger charge is -2.44. The number of amides is 2. The van der Waals surface area contributed by atoms with Crippen LogP contribution in [-0.2, 0) is 28.6 Å². The molecule has 0 saturated carbocycles. The number of ether oxygens (including phenoxy) is 3. The number of nitrogens with one attached hydrogen (secondary N) is 3. The molecule has 2 amide bonds. The van der Waals surface area contributed by atoms with E-state index in [1.54, 1.807) is 12.1 Å². The molecule has 0 bridgehead atoms. The van der Waals surface area contributed by atoms with E-state index < -0.39 is 6.29 Å². The molecule has 1 aliphatic rings. The monoisotopic (exact) mass is 533 g/mol. The third-order valence-corrected chi connectivity index (χ3v) is 6.72. The zero-order valence-electron chi connectivity index (χ0n) is 23.0. The van der Waals surface area contributed by atoms with Gasteiger partial charge in [0.15, 0.2) is 12.1 Å². The van der Waals surface area contributed by atoms with Gasteiger partial charge in [0.1, 0.15) is 6.61 Å². The fraction of sp³-hybridized carbons (Fsp3) is 0.643. The van der Waals surface area contributed by atoms with Gasteiger partial charge in [-0.1, -0.05) is 44.2 Å². The molecule has 1 saturated heterocycles. The zero-order valence-corrected chi connectivity index (χ0v) is 23.0. The largest absolute Gasteiger partial charge is 0.463 e. The lowest BCUT2D eigenvalue weighted by atomic mass is 9.82. The van der Waals surface area contributed by atoms with Crippen LogP contribution in [0.25, 0.3) is 0 Å². The van der Waals surface area contributed by atoms with Crippen LogP contribution in [0, 0.1) is 11.8 Å². The highest BCUT2D eigenvalue weighted by Gasteiger charge is 2.42. The van der Waals surface area contributed by atoms with Crippen molar-refractivity contribution in [2.45, 2.75) is 71.8 Å². The number of carbonyl (C=O) groups is 4. The molecule has 0 aliphatic carbocycles. The summed E-state index contributed by atoms with van der Waals surface area (Å²) in [7, 11) is 0. The van der Waals surface area contributed by atoms with Crippen LogP contribution in [-0.4, -0.2) is 74.9 Å². The van der Waals surface area contributed by atoms with Crippen molar-refractivity contribution < 1.29 is 33.4 Å². The molecule has 0 spiro atoms. The van der Waals surface area contributed by atoms with Crippen LogP contribution in [0.4, 0.5) is 0 Å². The first kappa shape index (κ1) is 31.4. The molecule has 0 aromatic heterocycles. The summed E-state index contributed by atoms with van der Waals surface area (Å²) >= 11 is 0. The molecule has 38 heavy (non-hydrogen) atoms. The van der Waals surface area contributed by atoms with Crippen molar-refractivity contribution in [3.05, 3.63) is 35.9 Å². The Morgan fingerprint density at radius 1 is 0.947 bits per heavy atom. The Hall–Kier alpha value is -2.82. The molecule has 1 aromatic carbocycles. The van der Waals surface area contributed by atoms with Gasteiger partial charge in [-0.3, -0.25) is 19.2 Å². The van der Waals surface area contributed by atoms with Gasteiger partial charge in [0, 0.05) is 39.0 Å².